The van der Waals surface area contributed by atoms with Gasteiger partial charge in [0.2, 0.25) is 0 Å². The Labute approximate surface area is 126 Å². The van der Waals surface area contributed by atoms with Crippen LogP contribution in [0.1, 0.15) is 15.2 Å². The van der Waals surface area contributed by atoms with Crippen LogP contribution in [0.4, 0.5) is 0 Å². The number of amides is 1. The summed E-state index contributed by atoms with van der Waals surface area (Å²) in [7, 11) is 0. The van der Waals surface area contributed by atoms with Gasteiger partial charge in [-0.15, -0.1) is 11.3 Å². The summed E-state index contributed by atoms with van der Waals surface area (Å²) in [4.78, 5) is 12.6. The van der Waals surface area contributed by atoms with E-state index in [0.717, 1.165) is 27.6 Å². The smallest absolute Gasteiger partial charge is 0.261 e. The Kier molecular flexibility index (Phi) is 3.88. The lowest BCUT2D eigenvalue weighted by Crippen LogP contribution is -2.24. The lowest BCUT2D eigenvalue weighted by Gasteiger charge is -2.08. The average molecular weight is 297 g/mol. The molecule has 0 aliphatic heterocycles. The van der Waals surface area contributed by atoms with Crippen LogP contribution in [-0.2, 0) is 6.42 Å². The molecule has 106 valence electrons. The minimum absolute atomic E-state index is 0.0342. The van der Waals surface area contributed by atoms with Crippen molar-refractivity contribution in [3.63, 3.8) is 0 Å². The molecule has 0 saturated carbocycles. The Balaban J connectivity index is 1.71. The summed E-state index contributed by atoms with van der Waals surface area (Å²) < 4.78 is 0. The van der Waals surface area contributed by atoms with Crippen molar-refractivity contribution in [3.8, 4) is 5.75 Å². The second-order valence-corrected chi connectivity index (χ2v) is 5.75. The number of hydrogen-bond acceptors (Lipinski definition) is 3. The molecule has 0 radical (unpaired) electrons. The molecule has 0 spiro atoms. The number of aromatic hydroxyl groups is 1. The maximum Gasteiger partial charge on any atom is 0.261 e. The zero-order chi connectivity index (χ0) is 14.7. The quantitative estimate of drug-likeness (QED) is 0.773. The Hall–Kier alpha value is -2.33. The molecule has 1 amide bonds. The number of benzene rings is 2. The monoisotopic (exact) mass is 297 g/mol. The highest BCUT2D eigenvalue weighted by atomic mass is 32.1. The highest BCUT2D eigenvalue weighted by Crippen LogP contribution is 2.23. The van der Waals surface area contributed by atoms with E-state index in [1.165, 1.54) is 11.3 Å². The maximum absolute atomic E-state index is 11.9. The van der Waals surface area contributed by atoms with Crippen molar-refractivity contribution in [2.24, 2.45) is 0 Å². The highest BCUT2D eigenvalue weighted by Gasteiger charge is 2.06. The fourth-order valence-electron chi connectivity index (χ4n) is 2.35. The summed E-state index contributed by atoms with van der Waals surface area (Å²) in [6.45, 7) is 0.575. The minimum Gasteiger partial charge on any atom is -0.508 e. The number of carbonyl (C=O) groups excluding carboxylic acids is 1. The summed E-state index contributed by atoms with van der Waals surface area (Å²) in [6.07, 6.45) is 0.734. The summed E-state index contributed by atoms with van der Waals surface area (Å²) >= 11 is 1.44. The van der Waals surface area contributed by atoms with Crippen LogP contribution in [0.15, 0.2) is 53.9 Å². The lowest BCUT2D eigenvalue weighted by molar-refractivity contribution is 0.0958. The molecule has 3 nitrogen and oxygen atoms in total. The van der Waals surface area contributed by atoms with Crippen LogP contribution in [0.5, 0.6) is 5.75 Å². The van der Waals surface area contributed by atoms with E-state index < -0.39 is 0 Å². The Morgan fingerprint density at radius 2 is 2.05 bits per heavy atom. The van der Waals surface area contributed by atoms with E-state index >= 15 is 0 Å². The molecule has 4 heteroatoms. The maximum atomic E-state index is 11.9. The van der Waals surface area contributed by atoms with Gasteiger partial charge in [0.15, 0.2) is 0 Å². The lowest BCUT2D eigenvalue weighted by atomic mass is 10.0. The molecule has 21 heavy (non-hydrogen) atoms. The Morgan fingerprint density at radius 1 is 1.14 bits per heavy atom. The van der Waals surface area contributed by atoms with Gasteiger partial charge in [-0.1, -0.05) is 30.3 Å². The molecule has 1 heterocycles. The molecule has 0 unspecified atom stereocenters. The first-order valence-corrected chi connectivity index (χ1v) is 7.64. The number of nitrogens with one attached hydrogen (secondary N) is 1. The molecule has 0 aliphatic carbocycles. The van der Waals surface area contributed by atoms with Crippen LogP contribution in [0.3, 0.4) is 0 Å². The van der Waals surface area contributed by atoms with E-state index in [2.05, 4.69) is 5.32 Å². The van der Waals surface area contributed by atoms with Crippen LogP contribution < -0.4 is 5.32 Å². The van der Waals surface area contributed by atoms with Crippen LogP contribution in [0.2, 0.25) is 0 Å². The second-order valence-electron chi connectivity index (χ2n) is 4.81. The van der Waals surface area contributed by atoms with Crippen LogP contribution in [0, 0.1) is 0 Å². The van der Waals surface area contributed by atoms with Crippen molar-refractivity contribution in [2.45, 2.75) is 6.42 Å². The van der Waals surface area contributed by atoms with Crippen molar-refractivity contribution < 1.29 is 9.90 Å². The third kappa shape index (κ3) is 3.06. The number of rotatable bonds is 4. The van der Waals surface area contributed by atoms with Crippen molar-refractivity contribution >= 4 is 28.0 Å². The predicted molar refractivity (Wildman–Crippen MR) is 86.0 cm³/mol. The molecular weight excluding hydrogens is 282 g/mol. The average Bonchev–Trinajstić information content (AvgIpc) is 3.02. The molecule has 0 atom stereocenters. The number of phenolic OH excluding ortho intramolecular Hbond substituents is 1. The van der Waals surface area contributed by atoms with E-state index in [1.54, 1.807) is 12.1 Å². The van der Waals surface area contributed by atoms with E-state index in [4.69, 9.17) is 0 Å². The standard InChI is InChI=1S/C17H15NO2S/c19-14-7-6-12-3-1-4-13(15(12)11-14)8-9-18-17(20)16-5-2-10-21-16/h1-7,10-11,19H,8-9H2,(H,18,20). The van der Waals surface area contributed by atoms with Gasteiger partial charge >= 0.3 is 0 Å². The fourth-order valence-corrected chi connectivity index (χ4v) is 2.99. The first kappa shape index (κ1) is 13.6. The second kappa shape index (κ2) is 5.97. The zero-order valence-corrected chi connectivity index (χ0v) is 12.2. The summed E-state index contributed by atoms with van der Waals surface area (Å²) in [5.74, 6) is 0.227. The van der Waals surface area contributed by atoms with Gasteiger partial charge in [-0.25, -0.2) is 0 Å². The van der Waals surface area contributed by atoms with Crippen LogP contribution in [-0.4, -0.2) is 17.6 Å². The van der Waals surface area contributed by atoms with Gasteiger partial charge in [0.25, 0.3) is 5.91 Å². The third-order valence-electron chi connectivity index (χ3n) is 3.38. The molecule has 3 rings (SSSR count). The largest absolute Gasteiger partial charge is 0.508 e. The third-order valence-corrected chi connectivity index (χ3v) is 4.25. The molecular formula is C17H15NO2S. The molecule has 2 N–H and O–H groups in total. The number of carbonyl (C=O) groups is 1. The highest BCUT2D eigenvalue weighted by molar-refractivity contribution is 7.12. The molecule has 3 aromatic rings. The van der Waals surface area contributed by atoms with E-state index in [9.17, 15) is 9.90 Å². The Morgan fingerprint density at radius 3 is 2.86 bits per heavy atom. The van der Waals surface area contributed by atoms with Crippen molar-refractivity contribution in [1.29, 1.82) is 0 Å². The molecule has 1 aromatic heterocycles. The predicted octanol–water partition coefficient (Wildman–Crippen LogP) is 3.58. The molecule has 0 fully saturated rings. The number of phenols is 1. The summed E-state index contributed by atoms with van der Waals surface area (Å²) in [5.41, 5.74) is 1.12. The van der Waals surface area contributed by atoms with Gasteiger partial charge < -0.3 is 10.4 Å². The zero-order valence-electron chi connectivity index (χ0n) is 11.4. The van der Waals surface area contributed by atoms with Gasteiger partial charge in [-0.3, -0.25) is 4.79 Å². The van der Waals surface area contributed by atoms with E-state index in [0.29, 0.717) is 6.54 Å². The number of hydrogen-bond donors (Lipinski definition) is 2. The molecule has 0 bridgehead atoms. The Bertz CT molecular complexity index is 766. The van der Waals surface area contributed by atoms with Crippen molar-refractivity contribution in [3.05, 3.63) is 64.4 Å². The van der Waals surface area contributed by atoms with E-state index in [1.807, 2.05) is 41.8 Å². The number of thiophene rings is 1. The van der Waals surface area contributed by atoms with Gasteiger partial charge in [0.05, 0.1) is 4.88 Å². The summed E-state index contributed by atoms with van der Waals surface area (Å²) in [5, 5.41) is 16.6. The van der Waals surface area contributed by atoms with Gasteiger partial charge in [-0.2, -0.15) is 0 Å². The topological polar surface area (TPSA) is 49.3 Å². The van der Waals surface area contributed by atoms with Crippen LogP contribution in [0.25, 0.3) is 10.8 Å². The number of fused-ring (bicyclic) bond motifs is 1. The molecule has 0 aliphatic rings. The summed E-state index contributed by atoms with van der Waals surface area (Å²) in [6, 6.07) is 15.1. The van der Waals surface area contributed by atoms with Gasteiger partial charge in [0.1, 0.15) is 5.75 Å². The fraction of sp³-hybridized carbons (Fsp3) is 0.118. The molecule has 0 saturated heterocycles. The van der Waals surface area contributed by atoms with Crippen molar-refractivity contribution in [1.82, 2.24) is 5.32 Å². The van der Waals surface area contributed by atoms with Gasteiger partial charge in [0, 0.05) is 6.54 Å². The normalized spacial score (nSPS) is 10.7. The van der Waals surface area contributed by atoms with Crippen LogP contribution >= 0.6 is 11.3 Å². The molecule has 2 aromatic carbocycles. The first-order valence-electron chi connectivity index (χ1n) is 6.76. The van der Waals surface area contributed by atoms with E-state index in [-0.39, 0.29) is 11.7 Å². The first-order chi connectivity index (χ1) is 10.2. The SMILES string of the molecule is O=C(NCCc1cccc2ccc(O)cc12)c1cccs1. The van der Waals surface area contributed by atoms with Crippen molar-refractivity contribution in [2.75, 3.05) is 6.54 Å². The van der Waals surface area contributed by atoms with Gasteiger partial charge in [-0.05, 0) is 46.3 Å². The minimum atomic E-state index is -0.0342.